The molecule has 0 bridgehead atoms. The number of benzene rings is 2. The number of aromatic nitrogens is 3. The predicted octanol–water partition coefficient (Wildman–Crippen LogP) is 4.36. The lowest BCUT2D eigenvalue weighted by molar-refractivity contribution is -0.384. The quantitative estimate of drug-likeness (QED) is 0.341. The fourth-order valence-corrected chi connectivity index (χ4v) is 4.38. The summed E-state index contributed by atoms with van der Waals surface area (Å²) in [6.07, 6.45) is 3.30. The van der Waals surface area contributed by atoms with Crippen LogP contribution >= 0.6 is 0 Å². The Morgan fingerprint density at radius 2 is 1.94 bits per heavy atom. The molecule has 1 N–H and O–H groups in total. The number of nitro benzene ring substituents is 1. The van der Waals surface area contributed by atoms with E-state index < -0.39 is 10.8 Å². The number of fused-ring (bicyclic) bond motifs is 1. The van der Waals surface area contributed by atoms with Crippen molar-refractivity contribution in [1.29, 1.82) is 5.26 Å². The molecule has 3 heterocycles. The van der Waals surface area contributed by atoms with E-state index in [0.29, 0.717) is 11.5 Å². The second-order valence-corrected chi connectivity index (χ2v) is 8.35. The first-order chi connectivity index (χ1) is 17.0. The second kappa shape index (κ2) is 8.87. The van der Waals surface area contributed by atoms with E-state index in [4.69, 9.17) is 0 Å². The third-order valence-electron chi connectivity index (χ3n) is 6.13. The van der Waals surface area contributed by atoms with Gasteiger partial charge < -0.3 is 10.2 Å². The van der Waals surface area contributed by atoms with Crippen LogP contribution in [0.3, 0.4) is 0 Å². The lowest BCUT2D eigenvalue weighted by Crippen LogP contribution is -2.20. The van der Waals surface area contributed by atoms with Crippen LogP contribution in [0, 0.1) is 28.4 Å². The van der Waals surface area contributed by atoms with Crippen LogP contribution in [0.2, 0.25) is 0 Å². The Bertz CT molecular complexity index is 1510. The number of para-hydroxylation sites is 1. The third-order valence-corrected chi connectivity index (χ3v) is 6.13. The van der Waals surface area contributed by atoms with Crippen LogP contribution in [0.15, 0.2) is 54.7 Å². The fraction of sp³-hybridized carbons (Fsp3) is 0.200. The number of nitriles is 1. The fourth-order valence-electron chi connectivity index (χ4n) is 4.38. The van der Waals surface area contributed by atoms with Gasteiger partial charge in [0.15, 0.2) is 11.6 Å². The second-order valence-electron chi connectivity index (χ2n) is 8.35. The summed E-state index contributed by atoms with van der Waals surface area (Å²) in [7, 11) is 0. The molecule has 4 aromatic rings. The molecule has 10 nitrogen and oxygen atoms in total. The number of pyridine rings is 1. The topological polar surface area (TPSA) is 130 Å². The van der Waals surface area contributed by atoms with Gasteiger partial charge in [-0.2, -0.15) is 15.0 Å². The maximum absolute atomic E-state index is 13.1. The van der Waals surface area contributed by atoms with E-state index in [2.05, 4.69) is 15.4 Å². The number of hydrogen-bond acceptors (Lipinski definition) is 7. The highest BCUT2D eigenvalue weighted by molar-refractivity contribution is 6.05. The summed E-state index contributed by atoms with van der Waals surface area (Å²) in [5.41, 5.74) is 2.35. The number of nitrogens with one attached hydrogen (secondary N) is 1. The van der Waals surface area contributed by atoms with Gasteiger partial charge >= 0.3 is 0 Å². The maximum atomic E-state index is 13.1. The van der Waals surface area contributed by atoms with Crippen molar-refractivity contribution in [3.8, 4) is 11.9 Å². The molecule has 2 aromatic heterocycles. The molecule has 2 aromatic carbocycles. The monoisotopic (exact) mass is 467 g/mol. The molecule has 1 aliphatic heterocycles. The molecule has 0 atom stereocenters. The molecular weight excluding hydrogens is 446 g/mol. The maximum Gasteiger partial charge on any atom is 0.293 e. The first-order valence-corrected chi connectivity index (χ1v) is 11.2. The molecule has 1 saturated heterocycles. The van der Waals surface area contributed by atoms with Gasteiger partial charge in [-0.1, -0.05) is 18.2 Å². The summed E-state index contributed by atoms with van der Waals surface area (Å²) in [4.78, 5) is 31.0. The minimum absolute atomic E-state index is 0.110. The molecule has 1 amide bonds. The van der Waals surface area contributed by atoms with E-state index in [1.54, 1.807) is 12.1 Å². The smallest absolute Gasteiger partial charge is 0.293 e. The molecule has 0 aliphatic carbocycles. The number of carbonyl (C=O) groups is 1. The van der Waals surface area contributed by atoms with Gasteiger partial charge in [-0.3, -0.25) is 14.9 Å². The van der Waals surface area contributed by atoms with Crippen molar-refractivity contribution in [2.45, 2.75) is 19.8 Å². The van der Waals surface area contributed by atoms with E-state index >= 15 is 0 Å². The normalized spacial score (nSPS) is 13.1. The standard InChI is InChI=1S/C25H21N7O3/c1-16-12-23(28-20-7-3-2-6-19(16)20)31-24(18(14-26)15-27-31)29-25(33)17-8-9-21(22(13-17)32(34)35)30-10-4-5-11-30/h2-3,6-9,12-13,15H,4-5,10-11H2,1H3,(H,29,33). The first-order valence-electron chi connectivity index (χ1n) is 11.2. The molecule has 0 unspecified atom stereocenters. The number of nitrogens with zero attached hydrogens (tertiary/aromatic N) is 6. The average molecular weight is 467 g/mol. The Kier molecular flexibility index (Phi) is 5.58. The molecule has 0 spiro atoms. The van der Waals surface area contributed by atoms with Crippen LogP contribution < -0.4 is 10.2 Å². The Balaban J connectivity index is 1.51. The highest BCUT2D eigenvalue weighted by Crippen LogP contribution is 2.32. The molecule has 1 aliphatic rings. The van der Waals surface area contributed by atoms with Crippen LogP contribution in [-0.4, -0.2) is 38.7 Å². The van der Waals surface area contributed by atoms with Gasteiger partial charge in [0.1, 0.15) is 17.3 Å². The van der Waals surface area contributed by atoms with Gasteiger partial charge in [-0.25, -0.2) is 4.98 Å². The SMILES string of the molecule is Cc1cc(-n2ncc(C#N)c2NC(=O)c2ccc(N3CCCC3)c([N+](=O)[O-])c2)nc2ccccc12. The summed E-state index contributed by atoms with van der Waals surface area (Å²) in [5.74, 6) is -0.00357. The number of nitro groups is 1. The Morgan fingerprint density at radius 3 is 2.69 bits per heavy atom. The van der Waals surface area contributed by atoms with Gasteiger partial charge in [0, 0.05) is 30.1 Å². The number of anilines is 2. The predicted molar refractivity (Wildman–Crippen MR) is 131 cm³/mol. The summed E-state index contributed by atoms with van der Waals surface area (Å²) < 4.78 is 1.39. The summed E-state index contributed by atoms with van der Waals surface area (Å²) in [6.45, 7) is 3.44. The van der Waals surface area contributed by atoms with Crippen molar-refractivity contribution in [2.75, 3.05) is 23.3 Å². The van der Waals surface area contributed by atoms with Crippen molar-refractivity contribution < 1.29 is 9.72 Å². The van der Waals surface area contributed by atoms with Crippen molar-refractivity contribution in [3.05, 3.63) is 81.5 Å². The lowest BCUT2D eigenvalue weighted by Gasteiger charge is -2.18. The number of rotatable bonds is 5. The van der Waals surface area contributed by atoms with Crippen LogP contribution in [0.1, 0.15) is 34.3 Å². The van der Waals surface area contributed by atoms with Crippen LogP contribution in [0.4, 0.5) is 17.2 Å². The van der Waals surface area contributed by atoms with Gasteiger partial charge in [-0.15, -0.1) is 0 Å². The van der Waals surface area contributed by atoms with E-state index in [1.807, 2.05) is 48.2 Å². The highest BCUT2D eigenvalue weighted by Gasteiger charge is 2.25. The first kappa shape index (κ1) is 22.0. The van der Waals surface area contributed by atoms with Gasteiger partial charge in [0.05, 0.1) is 16.6 Å². The van der Waals surface area contributed by atoms with Crippen molar-refractivity contribution >= 4 is 34.0 Å². The van der Waals surface area contributed by atoms with Gasteiger partial charge in [-0.05, 0) is 49.6 Å². The minimum atomic E-state index is -0.586. The molecule has 174 valence electrons. The highest BCUT2D eigenvalue weighted by atomic mass is 16.6. The largest absolute Gasteiger partial charge is 0.366 e. The van der Waals surface area contributed by atoms with Crippen molar-refractivity contribution in [3.63, 3.8) is 0 Å². The Hall–Kier alpha value is -4.78. The van der Waals surface area contributed by atoms with Crippen molar-refractivity contribution in [1.82, 2.24) is 14.8 Å². The van der Waals surface area contributed by atoms with Crippen LogP contribution in [0.25, 0.3) is 16.7 Å². The van der Waals surface area contributed by atoms with Crippen LogP contribution in [0.5, 0.6) is 0 Å². The summed E-state index contributed by atoms with van der Waals surface area (Å²) in [5, 5.41) is 29.3. The summed E-state index contributed by atoms with van der Waals surface area (Å²) >= 11 is 0. The molecule has 5 rings (SSSR count). The molecule has 0 radical (unpaired) electrons. The Morgan fingerprint density at radius 1 is 1.17 bits per heavy atom. The lowest BCUT2D eigenvalue weighted by atomic mass is 10.1. The molecule has 0 saturated carbocycles. The zero-order chi connectivity index (χ0) is 24.5. The number of carbonyl (C=O) groups excluding carboxylic acids is 1. The average Bonchev–Trinajstić information content (AvgIpc) is 3.54. The van der Waals surface area contributed by atoms with E-state index in [1.165, 1.54) is 16.9 Å². The van der Waals surface area contributed by atoms with E-state index in [-0.39, 0.29) is 22.6 Å². The van der Waals surface area contributed by atoms with Gasteiger partial charge in [0.2, 0.25) is 0 Å². The Labute approximate surface area is 200 Å². The molecule has 35 heavy (non-hydrogen) atoms. The molecule has 10 heteroatoms. The van der Waals surface area contributed by atoms with Gasteiger partial charge in [0.25, 0.3) is 11.6 Å². The van der Waals surface area contributed by atoms with E-state index in [9.17, 15) is 20.2 Å². The molecule has 1 fully saturated rings. The number of hydrogen-bond donors (Lipinski definition) is 1. The van der Waals surface area contributed by atoms with E-state index in [0.717, 1.165) is 42.4 Å². The minimum Gasteiger partial charge on any atom is -0.366 e. The van der Waals surface area contributed by atoms with Crippen LogP contribution in [-0.2, 0) is 0 Å². The summed E-state index contributed by atoms with van der Waals surface area (Å²) in [6, 6.07) is 15.9. The zero-order valence-corrected chi connectivity index (χ0v) is 18.9. The zero-order valence-electron chi connectivity index (χ0n) is 18.9. The van der Waals surface area contributed by atoms with Crippen molar-refractivity contribution in [2.24, 2.45) is 0 Å². The third kappa shape index (κ3) is 4.04. The number of amides is 1. The molecular formula is C25H21N7O3. The number of aryl methyl sites for hydroxylation is 1.